The van der Waals surface area contributed by atoms with E-state index in [0.29, 0.717) is 26.4 Å². The molecule has 1 aliphatic heterocycles. The molecule has 0 aromatic carbocycles. The third-order valence-electron chi connectivity index (χ3n) is 3.77. The van der Waals surface area contributed by atoms with Crippen LogP contribution >= 0.6 is 0 Å². The van der Waals surface area contributed by atoms with E-state index in [1.807, 2.05) is 24.4 Å². The number of hydrogen-bond acceptors (Lipinski definition) is 5. The lowest BCUT2D eigenvalue weighted by atomic mass is 10.1. The van der Waals surface area contributed by atoms with Gasteiger partial charge in [0.1, 0.15) is 5.82 Å². The number of amides is 2. The normalized spacial score (nSPS) is 15.4. The number of piperidine rings is 1. The van der Waals surface area contributed by atoms with Crippen LogP contribution in [0.1, 0.15) is 12.8 Å². The van der Waals surface area contributed by atoms with Crippen LogP contribution in [0, 0.1) is 0 Å². The lowest BCUT2D eigenvalue weighted by molar-refractivity contribution is 0.0726. The Morgan fingerprint density at radius 2 is 2.13 bits per heavy atom. The molecule has 0 radical (unpaired) electrons. The molecule has 0 bridgehead atoms. The highest BCUT2D eigenvalue weighted by Crippen LogP contribution is 2.16. The number of rotatable bonds is 8. The van der Waals surface area contributed by atoms with Crippen LogP contribution in [0.4, 0.5) is 10.6 Å². The van der Waals surface area contributed by atoms with E-state index in [-0.39, 0.29) is 12.1 Å². The van der Waals surface area contributed by atoms with Gasteiger partial charge >= 0.3 is 6.03 Å². The molecule has 2 heterocycles. The van der Waals surface area contributed by atoms with Crippen LogP contribution in [0.3, 0.4) is 0 Å². The third-order valence-corrected chi connectivity index (χ3v) is 3.77. The van der Waals surface area contributed by atoms with Gasteiger partial charge in [-0.3, -0.25) is 0 Å². The van der Waals surface area contributed by atoms with Gasteiger partial charge in [0.2, 0.25) is 0 Å². The number of pyridine rings is 1. The highest BCUT2D eigenvalue weighted by atomic mass is 16.5. The number of nitrogens with zero attached hydrogens (tertiary/aromatic N) is 2. The largest absolute Gasteiger partial charge is 0.382 e. The first kappa shape index (κ1) is 17.5. The smallest absolute Gasteiger partial charge is 0.315 e. The SMILES string of the molecule is COCCOCCNC(=O)NC1CCN(c2ccccn2)CC1. The number of aromatic nitrogens is 1. The Hall–Kier alpha value is -1.86. The van der Waals surface area contributed by atoms with Gasteiger partial charge in [0.25, 0.3) is 0 Å². The molecular formula is C16H26N4O3. The highest BCUT2D eigenvalue weighted by molar-refractivity contribution is 5.74. The number of ether oxygens (including phenoxy) is 2. The van der Waals surface area contributed by atoms with Gasteiger partial charge in [-0.25, -0.2) is 9.78 Å². The molecule has 2 N–H and O–H groups in total. The molecule has 1 fully saturated rings. The Bertz CT molecular complexity index is 450. The van der Waals surface area contributed by atoms with Crippen molar-refractivity contribution >= 4 is 11.8 Å². The summed E-state index contributed by atoms with van der Waals surface area (Å²) in [5.74, 6) is 1.00. The Labute approximate surface area is 137 Å². The van der Waals surface area contributed by atoms with E-state index in [0.717, 1.165) is 31.7 Å². The molecular weight excluding hydrogens is 296 g/mol. The average molecular weight is 322 g/mol. The molecule has 1 aromatic rings. The van der Waals surface area contributed by atoms with E-state index in [1.54, 1.807) is 7.11 Å². The van der Waals surface area contributed by atoms with E-state index in [9.17, 15) is 4.79 Å². The van der Waals surface area contributed by atoms with Gasteiger partial charge in [-0.05, 0) is 25.0 Å². The van der Waals surface area contributed by atoms with Crippen LogP contribution in [-0.4, -0.2) is 63.6 Å². The Morgan fingerprint density at radius 1 is 1.30 bits per heavy atom. The third kappa shape index (κ3) is 6.42. The van der Waals surface area contributed by atoms with Crippen molar-refractivity contribution in [2.45, 2.75) is 18.9 Å². The molecule has 1 aromatic heterocycles. The summed E-state index contributed by atoms with van der Waals surface area (Å²) in [4.78, 5) is 18.4. The predicted molar refractivity (Wildman–Crippen MR) is 88.7 cm³/mol. The number of anilines is 1. The summed E-state index contributed by atoms with van der Waals surface area (Å²) < 4.78 is 10.2. The Balaban J connectivity index is 1.58. The molecule has 128 valence electrons. The van der Waals surface area contributed by atoms with E-state index in [4.69, 9.17) is 9.47 Å². The molecule has 1 aliphatic rings. The van der Waals surface area contributed by atoms with E-state index < -0.39 is 0 Å². The molecule has 0 atom stereocenters. The van der Waals surface area contributed by atoms with Gasteiger partial charge in [0.15, 0.2) is 0 Å². The van der Waals surface area contributed by atoms with Crippen LogP contribution in [0.25, 0.3) is 0 Å². The maximum Gasteiger partial charge on any atom is 0.315 e. The highest BCUT2D eigenvalue weighted by Gasteiger charge is 2.21. The van der Waals surface area contributed by atoms with Crippen molar-refractivity contribution in [2.75, 3.05) is 51.5 Å². The first-order valence-electron chi connectivity index (χ1n) is 8.06. The van der Waals surface area contributed by atoms with Crippen molar-refractivity contribution < 1.29 is 14.3 Å². The minimum Gasteiger partial charge on any atom is -0.382 e. The monoisotopic (exact) mass is 322 g/mol. The molecule has 0 unspecified atom stereocenters. The summed E-state index contributed by atoms with van der Waals surface area (Å²) in [5.41, 5.74) is 0. The quantitative estimate of drug-likeness (QED) is 0.699. The number of methoxy groups -OCH3 is 1. The zero-order valence-corrected chi connectivity index (χ0v) is 13.7. The van der Waals surface area contributed by atoms with Crippen LogP contribution in [0.15, 0.2) is 24.4 Å². The minimum atomic E-state index is -0.128. The average Bonchev–Trinajstić information content (AvgIpc) is 2.59. The number of urea groups is 1. The lowest BCUT2D eigenvalue weighted by Gasteiger charge is -2.33. The molecule has 1 saturated heterocycles. The molecule has 2 rings (SSSR count). The van der Waals surface area contributed by atoms with Gasteiger partial charge in [-0.2, -0.15) is 0 Å². The number of hydrogen-bond donors (Lipinski definition) is 2. The van der Waals surface area contributed by atoms with Crippen LogP contribution < -0.4 is 15.5 Å². The van der Waals surface area contributed by atoms with Crippen molar-refractivity contribution in [3.63, 3.8) is 0 Å². The van der Waals surface area contributed by atoms with Gasteiger partial charge < -0.3 is 25.0 Å². The maximum absolute atomic E-state index is 11.8. The fraction of sp³-hybridized carbons (Fsp3) is 0.625. The zero-order chi connectivity index (χ0) is 16.3. The van der Waals surface area contributed by atoms with Crippen molar-refractivity contribution in [3.05, 3.63) is 24.4 Å². The summed E-state index contributed by atoms with van der Waals surface area (Å²) in [6.07, 6.45) is 3.66. The van der Waals surface area contributed by atoms with E-state index in [1.165, 1.54) is 0 Å². The predicted octanol–water partition coefficient (Wildman–Crippen LogP) is 1.01. The summed E-state index contributed by atoms with van der Waals surface area (Å²) in [6.45, 7) is 3.92. The molecule has 7 heteroatoms. The lowest BCUT2D eigenvalue weighted by Crippen LogP contribution is -2.48. The van der Waals surface area contributed by atoms with Crippen molar-refractivity contribution in [1.82, 2.24) is 15.6 Å². The Kier molecular flexibility index (Phi) is 7.62. The number of nitrogens with one attached hydrogen (secondary N) is 2. The van der Waals surface area contributed by atoms with Crippen molar-refractivity contribution in [3.8, 4) is 0 Å². The van der Waals surface area contributed by atoms with Crippen LogP contribution in [-0.2, 0) is 9.47 Å². The molecule has 0 spiro atoms. The van der Waals surface area contributed by atoms with E-state index in [2.05, 4.69) is 20.5 Å². The van der Waals surface area contributed by atoms with Gasteiger partial charge in [0, 0.05) is 39.0 Å². The summed E-state index contributed by atoms with van der Waals surface area (Å²) in [5, 5.41) is 5.82. The number of carbonyl (C=O) groups is 1. The molecule has 0 aliphatic carbocycles. The van der Waals surface area contributed by atoms with E-state index >= 15 is 0 Å². The van der Waals surface area contributed by atoms with Gasteiger partial charge in [-0.15, -0.1) is 0 Å². The summed E-state index contributed by atoms with van der Waals surface area (Å²) in [6, 6.07) is 6.01. The molecule has 23 heavy (non-hydrogen) atoms. The maximum atomic E-state index is 11.8. The van der Waals surface area contributed by atoms with Crippen LogP contribution in [0.5, 0.6) is 0 Å². The standard InChI is InChI=1S/C16H26N4O3/c1-22-12-13-23-11-8-18-16(21)19-14-5-9-20(10-6-14)15-4-2-3-7-17-15/h2-4,7,14H,5-6,8-13H2,1H3,(H2,18,19,21). The second-order valence-electron chi connectivity index (χ2n) is 5.45. The Morgan fingerprint density at radius 3 is 2.83 bits per heavy atom. The zero-order valence-electron chi connectivity index (χ0n) is 13.7. The second-order valence-corrected chi connectivity index (χ2v) is 5.45. The van der Waals surface area contributed by atoms with Gasteiger partial charge in [-0.1, -0.05) is 6.07 Å². The number of carbonyl (C=O) groups excluding carboxylic acids is 1. The molecule has 0 saturated carbocycles. The fourth-order valence-corrected chi connectivity index (χ4v) is 2.51. The van der Waals surface area contributed by atoms with Gasteiger partial charge in [0.05, 0.1) is 19.8 Å². The summed E-state index contributed by atoms with van der Waals surface area (Å²) in [7, 11) is 1.63. The topological polar surface area (TPSA) is 75.7 Å². The minimum absolute atomic E-state index is 0.128. The van der Waals surface area contributed by atoms with Crippen molar-refractivity contribution in [1.29, 1.82) is 0 Å². The summed E-state index contributed by atoms with van der Waals surface area (Å²) >= 11 is 0. The second kappa shape index (κ2) is 10.0. The molecule has 7 nitrogen and oxygen atoms in total. The fourth-order valence-electron chi connectivity index (χ4n) is 2.51. The first-order valence-corrected chi connectivity index (χ1v) is 8.06. The first-order chi connectivity index (χ1) is 11.3. The van der Waals surface area contributed by atoms with Crippen molar-refractivity contribution in [2.24, 2.45) is 0 Å². The molecule has 2 amide bonds. The van der Waals surface area contributed by atoms with Crippen LogP contribution in [0.2, 0.25) is 0 Å².